The van der Waals surface area contributed by atoms with Crippen molar-refractivity contribution in [2.24, 2.45) is 0 Å². The SMILES string of the molecule is CC/C=C\C/C=C\C/C=C\CCCCCC(=O)OC(COC(=O)CCCCCCC/C=C\CCC)COP(=O)(O)O. The molecule has 0 bridgehead atoms. The van der Waals surface area contributed by atoms with Crippen LogP contribution >= 0.6 is 7.82 Å². The molecule has 0 aliphatic heterocycles. The summed E-state index contributed by atoms with van der Waals surface area (Å²) in [6, 6.07) is 0. The molecule has 0 rings (SSSR count). The minimum Gasteiger partial charge on any atom is -0.462 e. The monoisotopic (exact) mass is 598 g/mol. The van der Waals surface area contributed by atoms with Crippen LogP contribution in [-0.4, -0.2) is 41.0 Å². The Kier molecular flexibility index (Phi) is 26.8. The number of esters is 2. The number of hydrogen-bond acceptors (Lipinski definition) is 6. The van der Waals surface area contributed by atoms with Gasteiger partial charge in [0.15, 0.2) is 6.10 Å². The Bertz CT molecular complexity index is 813. The Morgan fingerprint density at radius 1 is 0.659 bits per heavy atom. The van der Waals surface area contributed by atoms with Crippen molar-refractivity contribution in [1.29, 1.82) is 0 Å². The van der Waals surface area contributed by atoms with Gasteiger partial charge >= 0.3 is 19.8 Å². The lowest BCUT2D eigenvalue weighted by atomic mass is 10.1. The Morgan fingerprint density at radius 2 is 1.17 bits per heavy atom. The third-order valence-corrected chi connectivity index (χ3v) is 6.55. The molecular formula is C32H55O8P. The van der Waals surface area contributed by atoms with Crippen LogP contribution in [0.15, 0.2) is 48.6 Å². The van der Waals surface area contributed by atoms with E-state index in [4.69, 9.17) is 19.3 Å². The first kappa shape index (κ1) is 39.0. The largest absolute Gasteiger partial charge is 0.469 e. The molecule has 1 unspecified atom stereocenters. The minimum absolute atomic E-state index is 0.173. The summed E-state index contributed by atoms with van der Waals surface area (Å²) in [5.41, 5.74) is 0. The summed E-state index contributed by atoms with van der Waals surface area (Å²) in [6.45, 7) is 3.43. The molecule has 1 atom stereocenters. The molecule has 41 heavy (non-hydrogen) atoms. The van der Waals surface area contributed by atoms with Gasteiger partial charge in [0.05, 0.1) is 6.61 Å². The average molecular weight is 599 g/mol. The molecule has 236 valence electrons. The lowest BCUT2D eigenvalue weighted by molar-refractivity contribution is -0.161. The molecule has 0 fully saturated rings. The maximum absolute atomic E-state index is 12.3. The number of unbranched alkanes of at least 4 members (excludes halogenated alkanes) is 9. The van der Waals surface area contributed by atoms with Gasteiger partial charge in [0.25, 0.3) is 0 Å². The number of phosphoric ester groups is 1. The van der Waals surface area contributed by atoms with Crippen molar-refractivity contribution >= 4 is 19.8 Å². The molecule has 0 saturated carbocycles. The Morgan fingerprint density at radius 3 is 1.80 bits per heavy atom. The Hall–Kier alpha value is -1.99. The predicted molar refractivity (Wildman–Crippen MR) is 165 cm³/mol. The highest BCUT2D eigenvalue weighted by molar-refractivity contribution is 7.46. The number of allylic oxidation sites excluding steroid dienone is 8. The maximum Gasteiger partial charge on any atom is 0.469 e. The van der Waals surface area contributed by atoms with Crippen LogP contribution in [0.3, 0.4) is 0 Å². The molecule has 0 radical (unpaired) electrons. The molecular weight excluding hydrogens is 543 g/mol. The predicted octanol–water partition coefficient (Wildman–Crippen LogP) is 8.45. The topological polar surface area (TPSA) is 119 Å². The van der Waals surface area contributed by atoms with Crippen LogP contribution in [0.2, 0.25) is 0 Å². The summed E-state index contributed by atoms with van der Waals surface area (Å²) >= 11 is 0. The van der Waals surface area contributed by atoms with Crippen molar-refractivity contribution in [1.82, 2.24) is 0 Å². The second-order valence-electron chi connectivity index (χ2n) is 10.0. The number of carbonyl (C=O) groups excluding carboxylic acids is 2. The van der Waals surface area contributed by atoms with Gasteiger partial charge in [0, 0.05) is 12.8 Å². The Labute approximate surface area is 248 Å². The zero-order valence-electron chi connectivity index (χ0n) is 25.4. The third kappa shape index (κ3) is 30.8. The van der Waals surface area contributed by atoms with Gasteiger partial charge in [-0.2, -0.15) is 0 Å². The fraction of sp³-hybridized carbons (Fsp3) is 0.688. The first-order valence-corrected chi connectivity index (χ1v) is 17.0. The number of rotatable bonds is 27. The van der Waals surface area contributed by atoms with E-state index in [0.717, 1.165) is 77.0 Å². The summed E-state index contributed by atoms with van der Waals surface area (Å²) < 4.78 is 26.1. The third-order valence-electron chi connectivity index (χ3n) is 6.06. The lowest BCUT2D eigenvalue weighted by Gasteiger charge is -2.18. The first-order chi connectivity index (χ1) is 19.8. The highest BCUT2D eigenvalue weighted by Crippen LogP contribution is 2.35. The number of carbonyl (C=O) groups is 2. The van der Waals surface area contributed by atoms with E-state index in [0.29, 0.717) is 12.8 Å². The van der Waals surface area contributed by atoms with Crippen LogP contribution in [-0.2, 0) is 28.2 Å². The summed E-state index contributed by atoms with van der Waals surface area (Å²) in [5, 5.41) is 0. The van der Waals surface area contributed by atoms with E-state index in [9.17, 15) is 14.2 Å². The van der Waals surface area contributed by atoms with Gasteiger partial charge in [-0.1, -0.05) is 94.6 Å². The molecule has 0 amide bonds. The van der Waals surface area contributed by atoms with Crippen molar-refractivity contribution in [2.45, 2.75) is 129 Å². The van der Waals surface area contributed by atoms with Gasteiger partial charge in [-0.25, -0.2) is 4.57 Å². The van der Waals surface area contributed by atoms with Crippen molar-refractivity contribution in [3.63, 3.8) is 0 Å². The molecule has 0 heterocycles. The normalized spacial score (nSPS) is 13.2. The zero-order valence-corrected chi connectivity index (χ0v) is 26.3. The first-order valence-electron chi connectivity index (χ1n) is 15.4. The van der Waals surface area contributed by atoms with Crippen molar-refractivity contribution in [3.05, 3.63) is 48.6 Å². The zero-order chi connectivity index (χ0) is 30.4. The smallest absolute Gasteiger partial charge is 0.462 e. The highest BCUT2D eigenvalue weighted by atomic mass is 31.2. The molecule has 2 N–H and O–H groups in total. The second kappa shape index (κ2) is 28.1. The molecule has 0 spiro atoms. The van der Waals surface area contributed by atoms with Crippen LogP contribution in [0.5, 0.6) is 0 Å². The highest BCUT2D eigenvalue weighted by Gasteiger charge is 2.22. The molecule has 0 aromatic rings. The molecule has 8 nitrogen and oxygen atoms in total. The van der Waals surface area contributed by atoms with Crippen LogP contribution < -0.4 is 0 Å². The summed E-state index contributed by atoms with van der Waals surface area (Å²) in [5.74, 6) is -0.940. The molecule has 0 aromatic heterocycles. The number of ether oxygens (including phenoxy) is 2. The molecule has 0 aliphatic rings. The van der Waals surface area contributed by atoms with E-state index < -0.39 is 32.5 Å². The van der Waals surface area contributed by atoms with E-state index >= 15 is 0 Å². The van der Waals surface area contributed by atoms with E-state index in [1.165, 1.54) is 6.42 Å². The summed E-state index contributed by atoms with van der Waals surface area (Å²) in [7, 11) is -4.75. The number of phosphoric acid groups is 1. The van der Waals surface area contributed by atoms with Crippen LogP contribution in [0.25, 0.3) is 0 Å². The van der Waals surface area contributed by atoms with E-state index in [-0.39, 0.29) is 19.4 Å². The van der Waals surface area contributed by atoms with Gasteiger partial charge in [0.1, 0.15) is 6.61 Å². The molecule has 0 aromatic carbocycles. The Balaban J connectivity index is 4.14. The molecule has 0 saturated heterocycles. The van der Waals surface area contributed by atoms with E-state index in [1.54, 1.807) is 0 Å². The van der Waals surface area contributed by atoms with Crippen molar-refractivity contribution < 1.29 is 37.9 Å². The quantitative estimate of drug-likeness (QED) is 0.0418. The van der Waals surface area contributed by atoms with Gasteiger partial charge < -0.3 is 19.3 Å². The van der Waals surface area contributed by atoms with Gasteiger partial charge in [-0.05, 0) is 64.2 Å². The van der Waals surface area contributed by atoms with Crippen LogP contribution in [0.4, 0.5) is 0 Å². The fourth-order valence-electron chi connectivity index (χ4n) is 3.80. The van der Waals surface area contributed by atoms with E-state index in [2.05, 4.69) is 67.0 Å². The summed E-state index contributed by atoms with van der Waals surface area (Å²) in [4.78, 5) is 42.3. The average Bonchev–Trinajstić information content (AvgIpc) is 2.93. The standard InChI is InChI=1S/C32H55O8P/c1-3-5-7-9-11-13-15-16-17-19-21-23-25-27-32(34)40-30(29-39-41(35,36)37)28-38-31(33)26-24-22-20-18-14-12-10-8-6-4-2/h5,7-8,10-11,13,16-17,30H,3-4,6,9,12,14-15,18-29H2,1-2H3,(H2,35,36,37)/b7-5-,10-8-,13-11-,17-16-. The molecule has 0 aliphatic carbocycles. The minimum atomic E-state index is -4.75. The maximum atomic E-state index is 12.3. The second-order valence-corrected chi connectivity index (χ2v) is 11.3. The summed E-state index contributed by atoms with van der Waals surface area (Å²) in [6.07, 6.45) is 31.3. The van der Waals surface area contributed by atoms with Crippen LogP contribution in [0, 0.1) is 0 Å². The van der Waals surface area contributed by atoms with Crippen molar-refractivity contribution in [3.8, 4) is 0 Å². The molecule has 9 heteroatoms. The van der Waals surface area contributed by atoms with Gasteiger partial charge in [-0.3, -0.25) is 14.1 Å². The fourth-order valence-corrected chi connectivity index (χ4v) is 4.16. The van der Waals surface area contributed by atoms with Crippen LogP contribution in [0.1, 0.15) is 123 Å². The van der Waals surface area contributed by atoms with Gasteiger partial charge in [-0.15, -0.1) is 0 Å². The lowest BCUT2D eigenvalue weighted by Crippen LogP contribution is -2.29. The van der Waals surface area contributed by atoms with Crippen molar-refractivity contribution in [2.75, 3.05) is 13.2 Å². The number of hydrogen-bond donors (Lipinski definition) is 2. The van der Waals surface area contributed by atoms with E-state index in [1.807, 2.05) is 0 Å². The van der Waals surface area contributed by atoms with Gasteiger partial charge in [0.2, 0.25) is 0 Å².